The van der Waals surface area contributed by atoms with Gasteiger partial charge < -0.3 is 10.6 Å². The summed E-state index contributed by atoms with van der Waals surface area (Å²) in [5, 5.41) is 5.98. The Labute approximate surface area is 113 Å². The van der Waals surface area contributed by atoms with Gasteiger partial charge in [0.25, 0.3) is 5.91 Å². The molecule has 0 unspecified atom stereocenters. The zero-order chi connectivity index (χ0) is 13.2. The predicted molar refractivity (Wildman–Crippen MR) is 78.3 cm³/mol. The zero-order valence-electron chi connectivity index (χ0n) is 11.0. The Morgan fingerprint density at radius 2 is 2.22 bits per heavy atom. The summed E-state index contributed by atoms with van der Waals surface area (Å²) < 4.78 is 0. The normalized spacial score (nSPS) is 10.1. The number of unbranched alkanes of at least 4 members (excludes halogenated alkanes) is 1. The maximum atomic E-state index is 11.8. The van der Waals surface area contributed by atoms with Gasteiger partial charge in [-0.2, -0.15) is 11.8 Å². The van der Waals surface area contributed by atoms with Crippen LogP contribution in [0.15, 0.2) is 18.2 Å². The van der Waals surface area contributed by atoms with Gasteiger partial charge in [-0.15, -0.1) is 0 Å². The minimum absolute atomic E-state index is 0.0982. The summed E-state index contributed by atoms with van der Waals surface area (Å²) in [5.74, 6) is 1.79. The molecule has 5 heteroatoms. The van der Waals surface area contributed by atoms with Gasteiger partial charge in [0.05, 0.1) is 0 Å². The molecule has 0 spiro atoms. The highest BCUT2D eigenvalue weighted by Crippen LogP contribution is 2.04. The Morgan fingerprint density at radius 1 is 1.39 bits per heavy atom. The molecule has 0 aliphatic carbocycles. The molecule has 1 rings (SSSR count). The van der Waals surface area contributed by atoms with Gasteiger partial charge in [-0.05, 0) is 43.9 Å². The number of rotatable bonds is 8. The van der Waals surface area contributed by atoms with Crippen molar-refractivity contribution in [2.45, 2.75) is 19.8 Å². The Morgan fingerprint density at radius 3 is 2.94 bits per heavy atom. The predicted octanol–water partition coefficient (Wildman–Crippen LogP) is 2.39. The van der Waals surface area contributed by atoms with Gasteiger partial charge in [0.1, 0.15) is 11.5 Å². The molecule has 1 aromatic heterocycles. The third-order valence-electron chi connectivity index (χ3n) is 2.40. The number of carbonyl (C=O) groups excluding carboxylic acids is 1. The zero-order valence-corrected chi connectivity index (χ0v) is 11.8. The largest absolute Gasteiger partial charge is 0.370 e. The van der Waals surface area contributed by atoms with Crippen LogP contribution in [0.4, 0.5) is 5.82 Å². The second-order valence-electron chi connectivity index (χ2n) is 3.89. The van der Waals surface area contributed by atoms with Gasteiger partial charge in [0, 0.05) is 13.1 Å². The summed E-state index contributed by atoms with van der Waals surface area (Å²) in [6.07, 6.45) is 4.24. The molecule has 4 nitrogen and oxygen atoms in total. The molecule has 100 valence electrons. The van der Waals surface area contributed by atoms with Crippen LogP contribution in [-0.4, -0.2) is 36.0 Å². The lowest BCUT2D eigenvalue weighted by Crippen LogP contribution is -2.25. The first-order chi connectivity index (χ1) is 8.77. The standard InChI is InChI=1S/C13H21N3OS/c1-3-14-12-8-6-7-11(16-12)13(17)15-9-4-5-10-18-2/h6-8H,3-5,9-10H2,1-2H3,(H,14,16)(H,15,17). The number of nitrogens with zero attached hydrogens (tertiary/aromatic N) is 1. The van der Waals surface area contributed by atoms with Crippen molar-refractivity contribution in [3.63, 3.8) is 0 Å². The van der Waals surface area contributed by atoms with Crippen LogP contribution in [0.1, 0.15) is 30.3 Å². The van der Waals surface area contributed by atoms with Crippen LogP contribution in [-0.2, 0) is 0 Å². The number of carbonyl (C=O) groups is 1. The molecular formula is C13H21N3OS. The molecule has 1 amide bonds. The van der Waals surface area contributed by atoms with Gasteiger partial charge in [0.15, 0.2) is 0 Å². The van der Waals surface area contributed by atoms with Crippen LogP contribution in [0.3, 0.4) is 0 Å². The third kappa shape index (κ3) is 5.40. The third-order valence-corrected chi connectivity index (χ3v) is 3.10. The number of thioether (sulfide) groups is 1. The molecular weight excluding hydrogens is 246 g/mol. The van der Waals surface area contributed by atoms with E-state index in [4.69, 9.17) is 0 Å². The number of nitrogens with one attached hydrogen (secondary N) is 2. The second-order valence-corrected chi connectivity index (χ2v) is 4.88. The first-order valence-corrected chi connectivity index (χ1v) is 7.65. The minimum Gasteiger partial charge on any atom is -0.370 e. The summed E-state index contributed by atoms with van der Waals surface area (Å²) >= 11 is 1.83. The van der Waals surface area contributed by atoms with Crippen LogP contribution in [0.2, 0.25) is 0 Å². The van der Waals surface area contributed by atoms with Gasteiger partial charge in [-0.1, -0.05) is 6.07 Å². The summed E-state index contributed by atoms with van der Waals surface area (Å²) in [6, 6.07) is 5.43. The molecule has 18 heavy (non-hydrogen) atoms. The molecule has 0 aromatic carbocycles. The molecule has 0 aliphatic heterocycles. The van der Waals surface area contributed by atoms with Crippen molar-refractivity contribution in [2.24, 2.45) is 0 Å². The van der Waals surface area contributed by atoms with E-state index in [1.165, 1.54) is 0 Å². The second kappa shape index (κ2) is 8.80. The molecule has 2 N–H and O–H groups in total. The lowest BCUT2D eigenvalue weighted by atomic mass is 10.3. The van der Waals surface area contributed by atoms with Crippen LogP contribution in [0, 0.1) is 0 Å². The molecule has 0 bridgehead atoms. The Bertz CT molecular complexity index is 371. The van der Waals surface area contributed by atoms with Crippen LogP contribution >= 0.6 is 11.8 Å². The number of hydrogen-bond acceptors (Lipinski definition) is 4. The number of anilines is 1. The van der Waals surface area contributed by atoms with Crippen LogP contribution in [0.5, 0.6) is 0 Å². The van der Waals surface area contributed by atoms with Crippen molar-refractivity contribution in [3.8, 4) is 0 Å². The summed E-state index contributed by atoms with van der Waals surface area (Å²) in [7, 11) is 0. The molecule has 0 saturated carbocycles. The van der Waals surface area contributed by atoms with Crippen molar-refractivity contribution < 1.29 is 4.79 Å². The lowest BCUT2D eigenvalue weighted by Gasteiger charge is -2.06. The molecule has 1 heterocycles. The van der Waals surface area contributed by atoms with E-state index in [-0.39, 0.29) is 5.91 Å². The Hall–Kier alpha value is -1.23. The highest BCUT2D eigenvalue weighted by molar-refractivity contribution is 7.98. The molecule has 0 atom stereocenters. The van der Waals surface area contributed by atoms with E-state index >= 15 is 0 Å². The molecule has 0 saturated heterocycles. The van der Waals surface area contributed by atoms with E-state index < -0.39 is 0 Å². The quantitative estimate of drug-likeness (QED) is 0.710. The van der Waals surface area contributed by atoms with E-state index in [0.717, 1.165) is 31.0 Å². The maximum absolute atomic E-state index is 11.8. The average Bonchev–Trinajstić information content (AvgIpc) is 2.39. The molecule has 0 radical (unpaired) electrons. The van der Waals surface area contributed by atoms with E-state index in [2.05, 4.69) is 21.9 Å². The van der Waals surface area contributed by atoms with E-state index in [1.807, 2.05) is 30.8 Å². The van der Waals surface area contributed by atoms with Gasteiger partial charge in [0.2, 0.25) is 0 Å². The van der Waals surface area contributed by atoms with E-state index in [1.54, 1.807) is 6.07 Å². The van der Waals surface area contributed by atoms with Crippen LogP contribution < -0.4 is 10.6 Å². The van der Waals surface area contributed by atoms with Gasteiger partial charge in [-0.25, -0.2) is 4.98 Å². The number of aromatic nitrogens is 1. The summed E-state index contributed by atoms with van der Waals surface area (Å²) in [6.45, 7) is 3.51. The monoisotopic (exact) mass is 267 g/mol. The van der Waals surface area contributed by atoms with Gasteiger partial charge in [-0.3, -0.25) is 4.79 Å². The number of hydrogen-bond donors (Lipinski definition) is 2. The van der Waals surface area contributed by atoms with Crippen molar-refractivity contribution in [3.05, 3.63) is 23.9 Å². The SMILES string of the molecule is CCNc1cccc(C(=O)NCCCCSC)n1. The first kappa shape index (κ1) is 14.8. The minimum atomic E-state index is -0.0982. The van der Waals surface area contributed by atoms with Gasteiger partial charge >= 0.3 is 0 Å². The molecule has 0 aliphatic rings. The van der Waals surface area contributed by atoms with E-state index in [9.17, 15) is 4.79 Å². The highest BCUT2D eigenvalue weighted by Gasteiger charge is 2.06. The fraction of sp³-hybridized carbons (Fsp3) is 0.538. The van der Waals surface area contributed by atoms with E-state index in [0.29, 0.717) is 12.2 Å². The number of amides is 1. The Balaban J connectivity index is 2.38. The Kier molecular flexibility index (Phi) is 7.25. The molecule has 0 fully saturated rings. The fourth-order valence-corrected chi connectivity index (χ4v) is 2.00. The summed E-state index contributed by atoms with van der Waals surface area (Å²) in [4.78, 5) is 16.1. The smallest absolute Gasteiger partial charge is 0.269 e. The number of pyridine rings is 1. The van der Waals surface area contributed by atoms with Crippen molar-refractivity contribution in [2.75, 3.05) is 30.4 Å². The first-order valence-electron chi connectivity index (χ1n) is 6.26. The maximum Gasteiger partial charge on any atom is 0.269 e. The topological polar surface area (TPSA) is 54.0 Å². The lowest BCUT2D eigenvalue weighted by molar-refractivity contribution is 0.0948. The van der Waals surface area contributed by atoms with Crippen molar-refractivity contribution in [1.29, 1.82) is 0 Å². The highest BCUT2D eigenvalue weighted by atomic mass is 32.2. The van der Waals surface area contributed by atoms with Crippen molar-refractivity contribution in [1.82, 2.24) is 10.3 Å². The summed E-state index contributed by atoms with van der Waals surface area (Å²) in [5.41, 5.74) is 0.471. The fourth-order valence-electron chi connectivity index (χ4n) is 1.50. The van der Waals surface area contributed by atoms with Crippen molar-refractivity contribution >= 4 is 23.5 Å². The van der Waals surface area contributed by atoms with Crippen LogP contribution in [0.25, 0.3) is 0 Å². The average molecular weight is 267 g/mol. The molecule has 1 aromatic rings.